The third-order valence-electron chi connectivity index (χ3n) is 4.81. The molecular formula is C23H21N2P. The second-order valence-electron chi connectivity index (χ2n) is 6.28. The maximum absolute atomic E-state index is 4.62. The van der Waals surface area contributed by atoms with Gasteiger partial charge in [0.25, 0.3) is 0 Å². The summed E-state index contributed by atoms with van der Waals surface area (Å²) in [5.41, 5.74) is 4.23. The first-order chi connectivity index (χ1) is 12.9. The molecule has 0 amide bonds. The first-order valence-corrected chi connectivity index (χ1v) is 9.57. The number of hydrogen-bond acceptors (Lipinski definition) is 1. The van der Waals surface area contributed by atoms with E-state index in [-0.39, 0.29) is 0 Å². The molecule has 0 saturated carbocycles. The molecule has 3 heteroatoms. The van der Waals surface area contributed by atoms with Crippen LogP contribution < -0.4 is 0 Å². The summed E-state index contributed by atoms with van der Waals surface area (Å²) < 4.78 is 2.24. The highest BCUT2D eigenvalue weighted by Crippen LogP contribution is 2.40. The average Bonchev–Trinajstić information content (AvgIpc) is 3.21. The molecule has 2 nitrogen and oxygen atoms in total. The maximum Gasteiger partial charge on any atom is 0.121 e. The van der Waals surface area contributed by atoms with Crippen LogP contribution in [0.4, 0.5) is 0 Å². The molecule has 0 fully saturated rings. The summed E-state index contributed by atoms with van der Waals surface area (Å²) in [6.07, 6.45) is 4.94. The number of imidazole rings is 1. The van der Waals surface area contributed by atoms with Crippen molar-refractivity contribution >= 4 is 9.24 Å². The summed E-state index contributed by atoms with van der Waals surface area (Å²) >= 11 is 0. The highest BCUT2D eigenvalue weighted by Gasteiger charge is 2.38. The normalized spacial score (nSPS) is 11.4. The first-order valence-electron chi connectivity index (χ1n) is 8.75. The summed E-state index contributed by atoms with van der Waals surface area (Å²) in [7, 11) is 2.76. The molecule has 0 radical (unpaired) electrons. The Bertz CT molecular complexity index is 866. The minimum atomic E-state index is -0.463. The zero-order valence-corrected chi connectivity index (χ0v) is 15.6. The number of aromatic nitrogens is 2. The van der Waals surface area contributed by atoms with Gasteiger partial charge >= 0.3 is 0 Å². The number of benzene rings is 3. The maximum atomic E-state index is 4.62. The van der Waals surface area contributed by atoms with Crippen LogP contribution in [0.5, 0.6) is 0 Å². The van der Waals surface area contributed by atoms with E-state index in [2.05, 4.69) is 116 Å². The van der Waals surface area contributed by atoms with Crippen molar-refractivity contribution < 1.29 is 0 Å². The molecule has 26 heavy (non-hydrogen) atoms. The van der Waals surface area contributed by atoms with Crippen molar-refractivity contribution in [1.82, 2.24) is 9.55 Å². The smallest absolute Gasteiger partial charge is 0.121 e. The molecule has 0 aliphatic heterocycles. The van der Waals surface area contributed by atoms with E-state index in [0.29, 0.717) is 0 Å². The Morgan fingerprint density at radius 1 is 0.692 bits per heavy atom. The largest absolute Gasteiger partial charge is 0.319 e. The van der Waals surface area contributed by atoms with E-state index in [1.807, 2.05) is 6.33 Å². The monoisotopic (exact) mass is 356 g/mol. The molecule has 4 rings (SSSR count). The van der Waals surface area contributed by atoms with Gasteiger partial charge in [-0.2, -0.15) is 0 Å². The number of rotatable bonds is 5. The average molecular weight is 356 g/mol. The second kappa shape index (κ2) is 7.27. The summed E-state index contributed by atoms with van der Waals surface area (Å²) in [5, 5.41) is 0. The van der Waals surface area contributed by atoms with Gasteiger partial charge in [-0.3, -0.25) is 0 Å². The van der Waals surface area contributed by atoms with Crippen molar-refractivity contribution in [3.63, 3.8) is 0 Å². The topological polar surface area (TPSA) is 17.8 Å². The summed E-state index contributed by atoms with van der Waals surface area (Å²) in [4.78, 5) is 4.62. The Kier molecular flexibility index (Phi) is 4.69. The molecule has 0 aliphatic carbocycles. The molecule has 0 saturated heterocycles. The summed E-state index contributed by atoms with van der Waals surface area (Å²) in [5.74, 6) is 0. The number of hydrogen-bond donors (Lipinski definition) is 0. The van der Waals surface area contributed by atoms with E-state index in [0.717, 1.165) is 11.9 Å². The van der Waals surface area contributed by atoms with Crippen molar-refractivity contribution in [2.45, 2.75) is 11.7 Å². The molecule has 3 aromatic carbocycles. The van der Waals surface area contributed by atoms with Crippen LogP contribution in [0, 0.1) is 0 Å². The Labute approximate surface area is 156 Å². The fourth-order valence-corrected chi connectivity index (χ4v) is 3.85. The lowest BCUT2D eigenvalue weighted by atomic mass is 9.77. The van der Waals surface area contributed by atoms with Crippen molar-refractivity contribution in [2.75, 3.05) is 0 Å². The highest BCUT2D eigenvalue weighted by molar-refractivity contribution is 7.15. The van der Waals surface area contributed by atoms with Crippen LogP contribution in [-0.2, 0) is 11.7 Å². The van der Waals surface area contributed by atoms with Gasteiger partial charge in [-0.05, 0) is 16.7 Å². The first kappa shape index (κ1) is 16.8. The van der Waals surface area contributed by atoms with Gasteiger partial charge in [-0.25, -0.2) is 4.98 Å². The van der Waals surface area contributed by atoms with Crippen molar-refractivity contribution in [2.24, 2.45) is 0 Å². The molecule has 1 unspecified atom stereocenters. The zero-order valence-electron chi connectivity index (χ0n) is 14.5. The zero-order chi connectivity index (χ0) is 17.8. The van der Waals surface area contributed by atoms with Crippen LogP contribution in [0.2, 0.25) is 0 Å². The second-order valence-corrected chi connectivity index (χ2v) is 6.69. The quantitative estimate of drug-likeness (QED) is 0.359. The lowest BCUT2D eigenvalue weighted by molar-refractivity contribution is 0.514. The van der Waals surface area contributed by atoms with E-state index in [1.165, 1.54) is 16.7 Å². The van der Waals surface area contributed by atoms with Crippen molar-refractivity contribution in [3.8, 4) is 0 Å². The third kappa shape index (κ3) is 2.77. The van der Waals surface area contributed by atoms with Crippen LogP contribution in [0.3, 0.4) is 0 Å². The van der Waals surface area contributed by atoms with Gasteiger partial charge in [-0.15, -0.1) is 9.24 Å². The Hall–Kier alpha value is -2.70. The van der Waals surface area contributed by atoms with Gasteiger partial charge in [0.1, 0.15) is 5.54 Å². The molecule has 0 N–H and O–H groups in total. The predicted molar refractivity (Wildman–Crippen MR) is 110 cm³/mol. The fourth-order valence-electron chi connectivity index (χ4n) is 3.64. The van der Waals surface area contributed by atoms with E-state index >= 15 is 0 Å². The standard InChI is InChI=1S/C23H21N2P/c26-17-22-16-25(18-24-22)23(19-10-4-1-5-11-19,20-12-6-2-7-13-20)21-14-8-3-9-15-21/h1-16,18H,17,26H2. The van der Waals surface area contributed by atoms with Gasteiger partial charge in [0.05, 0.1) is 12.0 Å². The number of nitrogens with zero attached hydrogens (tertiary/aromatic N) is 2. The molecular weight excluding hydrogens is 335 g/mol. The van der Waals surface area contributed by atoms with Crippen LogP contribution in [0.15, 0.2) is 104 Å². The lowest BCUT2D eigenvalue weighted by Crippen LogP contribution is -2.36. The molecule has 0 aliphatic rings. The van der Waals surface area contributed by atoms with E-state index in [1.54, 1.807) is 0 Å². The van der Waals surface area contributed by atoms with Gasteiger partial charge in [0.15, 0.2) is 0 Å². The molecule has 0 bridgehead atoms. The molecule has 1 aromatic heterocycles. The lowest BCUT2D eigenvalue weighted by Gasteiger charge is -2.37. The predicted octanol–water partition coefficient (Wildman–Crippen LogP) is 5.10. The van der Waals surface area contributed by atoms with Gasteiger partial charge in [0.2, 0.25) is 0 Å². The van der Waals surface area contributed by atoms with Crippen molar-refractivity contribution in [3.05, 3.63) is 126 Å². The van der Waals surface area contributed by atoms with E-state index in [4.69, 9.17) is 0 Å². The summed E-state index contributed by atoms with van der Waals surface area (Å²) in [6.45, 7) is 0. The van der Waals surface area contributed by atoms with Crippen LogP contribution in [-0.4, -0.2) is 9.55 Å². The van der Waals surface area contributed by atoms with Gasteiger partial charge in [0, 0.05) is 12.4 Å². The fraction of sp³-hybridized carbons (Fsp3) is 0.0870. The molecule has 1 heterocycles. The molecule has 1 atom stereocenters. The summed E-state index contributed by atoms with van der Waals surface area (Å²) in [6, 6.07) is 32.0. The Morgan fingerprint density at radius 2 is 1.12 bits per heavy atom. The van der Waals surface area contributed by atoms with Crippen LogP contribution >= 0.6 is 9.24 Å². The van der Waals surface area contributed by atoms with Crippen molar-refractivity contribution in [1.29, 1.82) is 0 Å². The SMILES string of the molecule is PCc1cn(C(c2ccccc2)(c2ccccc2)c2ccccc2)cn1. The molecule has 0 spiro atoms. The van der Waals surface area contributed by atoms with Gasteiger partial charge in [-0.1, -0.05) is 91.0 Å². The van der Waals surface area contributed by atoms with E-state index < -0.39 is 5.54 Å². The third-order valence-corrected chi connectivity index (χ3v) is 5.23. The van der Waals surface area contributed by atoms with Crippen LogP contribution in [0.25, 0.3) is 0 Å². The molecule has 4 aromatic rings. The van der Waals surface area contributed by atoms with E-state index in [9.17, 15) is 0 Å². The Morgan fingerprint density at radius 3 is 1.46 bits per heavy atom. The Balaban J connectivity index is 2.10. The minimum Gasteiger partial charge on any atom is -0.319 e. The van der Waals surface area contributed by atoms with Crippen LogP contribution in [0.1, 0.15) is 22.4 Å². The minimum absolute atomic E-state index is 0.463. The van der Waals surface area contributed by atoms with Gasteiger partial charge < -0.3 is 4.57 Å². The molecule has 128 valence electrons. The highest BCUT2D eigenvalue weighted by atomic mass is 31.0.